The third-order valence-electron chi connectivity index (χ3n) is 2.30. The Kier molecular flexibility index (Phi) is 3.93. The quantitative estimate of drug-likeness (QED) is 0.844. The molecular formula is C13H7ClF2N2S. The van der Waals surface area contributed by atoms with Gasteiger partial charge in [-0.2, -0.15) is 5.26 Å². The van der Waals surface area contributed by atoms with Crippen LogP contribution < -0.4 is 5.73 Å². The molecule has 2 nitrogen and oxygen atoms in total. The summed E-state index contributed by atoms with van der Waals surface area (Å²) in [5, 5.41) is 8.98. The lowest BCUT2D eigenvalue weighted by molar-refractivity contribution is 0.542. The van der Waals surface area contributed by atoms with Gasteiger partial charge < -0.3 is 5.73 Å². The number of benzene rings is 2. The summed E-state index contributed by atoms with van der Waals surface area (Å²) in [6.45, 7) is 0. The van der Waals surface area contributed by atoms with Crippen molar-refractivity contribution in [3.8, 4) is 6.07 Å². The van der Waals surface area contributed by atoms with Gasteiger partial charge in [-0.3, -0.25) is 0 Å². The van der Waals surface area contributed by atoms with Crippen molar-refractivity contribution < 1.29 is 8.78 Å². The van der Waals surface area contributed by atoms with Gasteiger partial charge in [0.05, 0.1) is 15.5 Å². The third-order valence-corrected chi connectivity index (χ3v) is 3.70. The maximum absolute atomic E-state index is 13.6. The molecule has 0 unspecified atom stereocenters. The highest BCUT2D eigenvalue weighted by molar-refractivity contribution is 7.99. The minimum atomic E-state index is -0.733. The Balaban J connectivity index is 2.37. The van der Waals surface area contributed by atoms with E-state index in [1.807, 2.05) is 6.07 Å². The van der Waals surface area contributed by atoms with Crippen LogP contribution in [0.2, 0.25) is 5.02 Å². The van der Waals surface area contributed by atoms with Crippen LogP contribution in [-0.2, 0) is 0 Å². The van der Waals surface area contributed by atoms with Crippen molar-refractivity contribution in [2.45, 2.75) is 9.79 Å². The van der Waals surface area contributed by atoms with Crippen molar-refractivity contribution in [2.75, 3.05) is 5.73 Å². The minimum Gasteiger partial charge on any atom is -0.399 e. The molecule has 0 aromatic heterocycles. The highest BCUT2D eigenvalue weighted by Gasteiger charge is 2.12. The van der Waals surface area contributed by atoms with Crippen LogP contribution >= 0.6 is 23.4 Å². The summed E-state index contributed by atoms with van der Waals surface area (Å²) < 4.78 is 27.2. The molecule has 6 heteroatoms. The van der Waals surface area contributed by atoms with Gasteiger partial charge in [-0.05, 0) is 30.3 Å². The second kappa shape index (κ2) is 5.47. The zero-order valence-corrected chi connectivity index (χ0v) is 11.0. The molecule has 2 aromatic rings. The highest BCUT2D eigenvalue weighted by Crippen LogP contribution is 2.34. The van der Waals surface area contributed by atoms with Crippen LogP contribution in [-0.4, -0.2) is 0 Å². The van der Waals surface area contributed by atoms with E-state index < -0.39 is 11.6 Å². The Morgan fingerprint density at radius 1 is 1.16 bits per heavy atom. The third kappa shape index (κ3) is 2.98. The fraction of sp³-hybridized carbons (Fsp3) is 0. The zero-order chi connectivity index (χ0) is 14.0. The van der Waals surface area contributed by atoms with Crippen molar-refractivity contribution >= 4 is 29.1 Å². The maximum Gasteiger partial charge on any atom is 0.142 e. The summed E-state index contributed by atoms with van der Waals surface area (Å²) in [4.78, 5) is 0.376. The number of nitrogens with two attached hydrogens (primary N) is 1. The molecule has 0 saturated heterocycles. The molecule has 0 saturated carbocycles. The SMILES string of the molecule is N#Cc1ccc(Sc2c(F)cc(N)cc2F)cc1Cl. The zero-order valence-electron chi connectivity index (χ0n) is 9.45. The Morgan fingerprint density at radius 2 is 1.79 bits per heavy atom. The van der Waals surface area contributed by atoms with Crippen molar-refractivity contribution in [1.82, 2.24) is 0 Å². The first-order valence-electron chi connectivity index (χ1n) is 5.13. The van der Waals surface area contributed by atoms with E-state index >= 15 is 0 Å². The van der Waals surface area contributed by atoms with E-state index in [9.17, 15) is 8.78 Å². The molecule has 96 valence electrons. The van der Waals surface area contributed by atoms with Gasteiger partial charge in [0.1, 0.15) is 17.7 Å². The molecule has 2 aromatic carbocycles. The number of nitrogens with zero attached hydrogens (tertiary/aromatic N) is 1. The fourth-order valence-corrected chi connectivity index (χ4v) is 2.59. The van der Waals surface area contributed by atoms with Gasteiger partial charge in [0.25, 0.3) is 0 Å². The molecule has 0 spiro atoms. The van der Waals surface area contributed by atoms with Crippen LogP contribution in [0.1, 0.15) is 5.56 Å². The summed E-state index contributed by atoms with van der Waals surface area (Å²) in [5.41, 5.74) is 5.67. The number of nitrogen functional groups attached to an aromatic ring is 1. The molecule has 0 aliphatic carbocycles. The van der Waals surface area contributed by atoms with Crippen LogP contribution in [0.5, 0.6) is 0 Å². The van der Waals surface area contributed by atoms with Gasteiger partial charge in [-0.25, -0.2) is 8.78 Å². The van der Waals surface area contributed by atoms with E-state index in [2.05, 4.69) is 0 Å². The Bertz CT molecular complexity index is 660. The second-order valence-electron chi connectivity index (χ2n) is 3.67. The van der Waals surface area contributed by atoms with Crippen LogP contribution in [0, 0.1) is 23.0 Å². The molecule has 0 fully saturated rings. The molecule has 0 atom stereocenters. The number of hydrogen-bond donors (Lipinski definition) is 1. The van der Waals surface area contributed by atoms with E-state index in [0.717, 1.165) is 23.9 Å². The van der Waals surface area contributed by atoms with Crippen molar-refractivity contribution in [3.63, 3.8) is 0 Å². The molecular weight excluding hydrogens is 290 g/mol. The van der Waals surface area contributed by atoms with Gasteiger partial charge in [-0.15, -0.1) is 0 Å². The second-order valence-corrected chi connectivity index (χ2v) is 5.16. The van der Waals surface area contributed by atoms with E-state index in [1.54, 1.807) is 6.07 Å². The van der Waals surface area contributed by atoms with E-state index in [1.165, 1.54) is 12.1 Å². The molecule has 0 heterocycles. The lowest BCUT2D eigenvalue weighted by Crippen LogP contribution is -1.93. The van der Waals surface area contributed by atoms with Gasteiger partial charge in [0, 0.05) is 10.6 Å². The van der Waals surface area contributed by atoms with Gasteiger partial charge in [0.15, 0.2) is 0 Å². The Hall–Kier alpha value is -1.77. The fourth-order valence-electron chi connectivity index (χ4n) is 1.44. The molecule has 2 rings (SSSR count). The van der Waals surface area contributed by atoms with Crippen LogP contribution in [0.4, 0.5) is 14.5 Å². The van der Waals surface area contributed by atoms with E-state index in [0.29, 0.717) is 10.5 Å². The summed E-state index contributed by atoms with van der Waals surface area (Å²) in [7, 11) is 0. The van der Waals surface area contributed by atoms with Crippen molar-refractivity contribution in [2.24, 2.45) is 0 Å². The topological polar surface area (TPSA) is 49.8 Å². The van der Waals surface area contributed by atoms with Gasteiger partial charge in [0.2, 0.25) is 0 Å². The molecule has 0 aliphatic heterocycles. The average Bonchev–Trinajstić information content (AvgIpc) is 2.34. The molecule has 19 heavy (non-hydrogen) atoms. The number of halogens is 3. The summed E-state index contributed by atoms with van der Waals surface area (Å²) in [6.07, 6.45) is 0. The number of rotatable bonds is 2. The van der Waals surface area contributed by atoms with Crippen molar-refractivity contribution in [3.05, 3.63) is 52.6 Å². The van der Waals surface area contributed by atoms with E-state index in [-0.39, 0.29) is 15.6 Å². The molecule has 0 bridgehead atoms. The number of hydrogen-bond acceptors (Lipinski definition) is 3. The average molecular weight is 297 g/mol. The predicted octanol–water partition coefficient (Wildman–Crippen LogP) is 4.22. The Labute approximate surface area is 117 Å². The smallest absolute Gasteiger partial charge is 0.142 e. The molecule has 0 radical (unpaired) electrons. The summed E-state index contributed by atoms with van der Waals surface area (Å²) >= 11 is 6.74. The number of nitriles is 1. The first-order chi connectivity index (χ1) is 9.01. The van der Waals surface area contributed by atoms with Crippen LogP contribution in [0.15, 0.2) is 40.1 Å². The standard InChI is InChI=1S/C13H7ClF2N2S/c14-10-5-9(2-1-7(10)6-17)19-13-11(15)3-8(18)4-12(13)16/h1-5H,18H2. The highest BCUT2D eigenvalue weighted by atomic mass is 35.5. The monoisotopic (exact) mass is 296 g/mol. The van der Waals surface area contributed by atoms with Crippen LogP contribution in [0.25, 0.3) is 0 Å². The van der Waals surface area contributed by atoms with E-state index in [4.69, 9.17) is 22.6 Å². The normalized spacial score (nSPS) is 10.2. The molecule has 0 aliphatic rings. The predicted molar refractivity (Wildman–Crippen MR) is 71.1 cm³/mol. The van der Waals surface area contributed by atoms with Gasteiger partial charge >= 0.3 is 0 Å². The van der Waals surface area contributed by atoms with Crippen LogP contribution in [0.3, 0.4) is 0 Å². The Morgan fingerprint density at radius 3 is 2.32 bits per heavy atom. The summed E-state index contributed by atoms with van der Waals surface area (Å²) in [6, 6.07) is 8.57. The largest absolute Gasteiger partial charge is 0.399 e. The summed E-state index contributed by atoms with van der Waals surface area (Å²) in [5.74, 6) is -1.47. The minimum absolute atomic E-state index is 0.0252. The first kappa shape index (κ1) is 13.7. The van der Waals surface area contributed by atoms with Gasteiger partial charge in [-0.1, -0.05) is 23.4 Å². The van der Waals surface area contributed by atoms with Crippen molar-refractivity contribution in [1.29, 1.82) is 5.26 Å². The first-order valence-corrected chi connectivity index (χ1v) is 6.32. The lowest BCUT2D eigenvalue weighted by atomic mass is 10.2. The molecule has 2 N–H and O–H groups in total. The number of anilines is 1. The molecule has 0 amide bonds. The maximum atomic E-state index is 13.6. The lowest BCUT2D eigenvalue weighted by Gasteiger charge is -2.06.